The van der Waals surface area contributed by atoms with Crippen molar-refractivity contribution in [2.45, 2.75) is 43.9 Å². The Labute approximate surface area is 217 Å². The third-order valence-electron chi connectivity index (χ3n) is 8.74. The number of epoxide rings is 1. The third-order valence-corrected chi connectivity index (χ3v) is 8.74. The summed E-state index contributed by atoms with van der Waals surface area (Å²) >= 11 is 0. The normalized spacial score (nSPS) is 29.2. The number of carbonyl (C=O) groups is 1. The van der Waals surface area contributed by atoms with Gasteiger partial charge in [0.2, 0.25) is 0 Å². The minimum atomic E-state index is -1.50. The molecule has 38 heavy (non-hydrogen) atoms. The van der Waals surface area contributed by atoms with Crippen LogP contribution in [0.3, 0.4) is 0 Å². The van der Waals surface area contributed by atoms with Gasteiger partial charge < -0.3 is 0 Å². The Kier molecular flexibility index (Phi) is 4.68. The molecule has 2 aliphatic carbocycles. The van der Waals surface area contributed by atoms with Crippen molar-refractivity contribution < 1.29 is 18.3 Å². The first-order valence-electron chi connectivity index (χ1n) is 12.6. The van der Waals surface area contributed by atoms with E-state index in [0.717, 1.165) is 5.56 Å². The lowest BCUT2D eigenvalue weighted by molar-refractivity contribution is -0.130. The van der Waals surface area contributed by atoms with Crippen LogP contribution in [0.2, 0.25) is 0 Å². The minimum absolute atomic E-state index is 0.0932. The van der Waals surface area contributed by atoms with Crippen LogP contribution >= 0.6 is 0 Å². The van der Waals surface area contributed by atoms with Gasteiger partial charge in [0.1, 0.15) is 11.6 Å². The van der Waals surface area contributed by atoms with Crippen LogP contribution in [0, 0.1) is 30.0 Å². The Hall–Kier alpha value is -4.09. The molecule has 1 saturated heterocycles. The van der Waals surface area contributed by atoms with Crippen molar-refractivity contribution in [1.29, 1.82) is 0 Å². The summed E-state index contributed by atoms with van der Waals surface area (Å²) in [7, 11) is 0. The molecule has 4 aromatic rings. The molecule has 0 radical (unpaired) electrons. The maximum absolute atomic E-state index is 15.2. The van der Waals surface area contributed by atoms with E-state index in [1.54, 1.807) is 36.5 Å². The maximum Gasteiger partial charge on any atom is 0.424 e. The molecule has 0 unspecified atom stereocenters. The van der Waals surface area contributed by atoms with Crippen molar-refractivity contribution in [3.8, 4) is 22.6 Å². The highest BCUT2D eigenvalue weighted by Gasteiger charge is 2.83. The molecule has 1 saturated carbocycles. The lowest BCUT2D eigenvalue weighted by Crippen LogP contribution is -2.55. The van der Waals surface area contributed by atoms with Gasteiger partial charge in [0.25, 0.3) is 5.78 Å². The quantitative estimate of drug-likeness (QED) is 0.257. The van der Waals surface area contributed by atoms with E-state index < -0.39 is 28.9 Å². The zero-order chi connectivity index (χ0) is 26.4. The van der Waals surface area contributed by atoms with Crippen molar-refractivity contribution in [2.24, 2.45) is 11.8 Å². The topological polar surface area (TPSA) is 72.6 Å². The second-order valence-electron chi connectivity index (χ2n) is 10.6. The van der Waals surface area contributed by atoms with Crippen molar-refractivity contribution in [1.82, 2.24) is 15.0 Å². The highest BCUT2D eigenvalue weighted by molar-refractivity contribution is 5.96. The number of pyridine rings is 1. The molecule has 7 rings (SSSR count). The van der Waals surface area contributed by atoms with Crippen LogP contribution in [0.5, 0.6) is 0 Å². The molecule has 3 heterocycles. The highest BCUT2D eigenvalue weighted by Crippen LogP contribution is 2.63. The molecule has 2 aromatic heterocycles. The highest BCUT2D eigenvalue weighted by atomic mass is 19.1. The fraction of sp³-hybridized carbons (Fsp3) is 0.300. The van der Waals surface area contributed by atoms with E-state index in [2.05, 4.69) is 9.83 Å². The summed E-state index contributed by atoms with van der Waals surface area (Å²) in [6, 6.07) is 12.6. The van der Waals surface area contributed by atoms with Crippen molar-refractivity contribution >= 4 is 16.7 Å². The lowest BCUT2D eigenvalue weighted by atomic mass is 9.55. The summed E-state index contributed by atoms with van der Waals surface area (Å²) in [4.78, 5) is 31.1. The summed E-state index contributed by atoms with van der Waals surface area (Å²) in [6.07, 6.45) is 2.17. The number of benzene rings is 2. The van der Waals surface area contributed by atoms with E-state index in [1.165, 1.54) is 18.2 Å². The molecule has 0 spiro atoms. The number of fused-ring (bicyclic) bond motifs is 6. The van der Waals surface area contributed by atoms with Crippen molar-refractivity contribution in [3.05, 3.63) is 89.0 Å². The average molecular weight is 509 g/mol. The molecular formula is C30H22F2N4O2. The number of rotatable bonds is 2. The summed E-state index contributed by atoms with van der Waals surface area (Å²) in [5.41, 5.74) is 1.16. The number of hydrogen-bond acceptors (Lipinski definition) is 5. The first-order valence-corrected chi connectivity index (χ1v) is 12.6. The van der Waals surface area contributed by atoms with Gasteiger partial charge in [-0.25, -0.2) is 25.3 Å². The zero-order valence-electron chi connectivity index (χ0n) is 20.7. The smallest absolute Gasteiger partial charge is 0.287 e. The number of carbonyl (C=O) groups excluding carboxylic acids is 1. The zero-order valence-corrected chi connectivity index (χ0v) is 20.7. The van der Waals surface area contributed by atoms with Crippen molar-refractivity contribution in [2.75, 3.05) is 0 Å². The van der Waals surface area contributed by atoms with Gasteiger partial charge >= 0.3 is 5.72 Å². The Morgan fingerprint density at radius 3 is 2.71 bits per heavy atom. The molecule has 3 aliphatic rings. The summed E-state index contributed by atoms with van der Waals surface area (Å²) in [5, 5.41) is 0.663. The Morgan fingerprint density at radius 2 is 1.92 bits per heavy atom. The first kappa shape index (κ1) is 23.1. The number of aromatic nitrogens is 3. The average Bonchev–Trinajstić information content (AvgIpc) is 3.69. The number of ketones is 1. The van der Waals surface area contributed by atoms with E-state index in [9.17, 15) is 9.18 Å². The fourth-order valence-electron chi connectivity index (χ4n) is 6.85. The third kappa shape index (κ3) is 2.88. The molecule has 6 nitrogen and oxygen atoms in total. The first-order chi connectivity index (χ1) is 18.3. The summed E-state index contributed by atoms with van der Waals surface area (Å²) in [6.45, 7) is 11.7. The van der Waals surface area contributed by atoms with Gasteiger partial charge in [-0.1, -0.05) is 26.0 Å². The van der Waals surface area contributed by atoms with Crippen LogP contribution in [0.1, 0.15) is 31.5 Å². The second-order valence-corrected chi connectivity index (χ2v) is 10.6. The van der Waals surface area contributed by atoms with E-state index in [4.69, 9.17) is 21.3 Å². The summed E-state index contributed by atoms with van der Waals surface area (Å²) < 4.78 is 35.1. The predicted molar refractivity (Wildman–Crippen MR) is 136 cm³/mol. The molecule has 0 amide bonds. The predicted octanol–water partition coefficient (Wildman–Crippen LogP) is 5.69. The Morgan fingerprint density at radius 1 is 1.11 bits per heavy atom. The number of hydrogen-bond donors (Lipinski definition) is 0. The Balaban J connectivity index is 1.54. The number of ether oxygens (including phenoxy) is 1. The molecule has 2 fully saturated rings. The number of nitrogens with zero attached hydrogens (tertiary/aromatic N) is 4. The van der Waals surface area contributed by atoms with E-state index >= 15 is 4.39 Å². The molecule has 8 heteroatoms. The molecule has 0 bridgehead atoms. The van der Waals surface area contributed by atoms with Gasteiger partial charge in [-0.3, -0.25) is 19.4 Å². The molecule has 2 aromatic carbocycles. The van der Waals surface area contributed by atoms with Crippen LogP contribution in [-0.4, -0.2) is 32.6 Å². The van der Waals surface area contributed by atoms with E-state index in [1.807, 2.05) is 13.8 Å². The fourth-order valence-corrected chi connectivity index (χ4v) is 6.85. The number of Topliss-reactive ketones (excluding diaryl/α,β-unsaturated/α-hetero) is 1. The van der Waals surface area contributed by atoms with Crippen LogP contribution in [0.15, 0.2) is 54.7 Å². The lowest BCUT2D eigenvalue weighted by Gasteiger charge is -2.45. The van der Waals surface area contributed by atoms with Crippen LogP contribution < -0.4 is 0 Å². The van der Waals surface area contributed by atoms with Gasteiger partial charge in [-0.2, -0.15) is 0 Å². The van der Waals surface area contributed by atoms with Gasteiger partial charge in [0.05, 0.1) is 22.3 Å². The molecule has 0 N–H and O–H groups in total. The largest absolute Gasteiger partial charge is 0.424 e. The monoisotopic (exact) mass is 508 g/mol. The van der Waals surface area contributed by atoms with E-state index in [0.29, 0.717) is 52.1 Å². The SMILES string of the molecule is [C-]#[N+][C@]12O[C@H]1[C@@]1(C)c3nc(-c4ccnc5cc(F)ccc45)nc(-c4ccccc4F)c3CC[C@@H]1[C@@H](C)C2=O. The van der Waals surface area contributed by atoms with Gasteiger partial charge in [0, 0.05) is 40.3 Å². The molecule has 188 valence electrons. The maximum atomic E-state index is 15.2. The van der Waals surface area contributed by atoms with Gasteiger partial charge in [0.15, 0.2) is 11.9 Å². The van der Waals surface area contributed by atoms with Crippen molar-refractivity contribution in [3.63, 3.8) is 0 Å². The second kappa shape index (κ2) is 7.71. The van der Waals surface area contributed by atoms with Crippen LogP contribution in [0.25, 0.3) is 38.4 Å². The summed E-state index contributed by atoms with van der Waals surface area (Å²) in [5.74, 6) is -1.11. The minimum Gasteiger partial charge on any atom is -0.287 e. The van der Waals surface area contributed by atoms with Crippen LogP contribution in [0.4, 0.5) is 8.78 Å². The number of halogens is 2. The van der Waals surface area contributed by atoms with Crippen LogP contribution in [-0.2, 0) is 21.4 Å². The molecular weight excluding hydrogens is 486 g/mol. The molecule has 5 atom stereocenters. The molecule has 1 aliphatic heterocycles. The standard InChI is InChI=1S/C30H22F2N4O2/c1-15-21-11-10-20-24(19-6-4-5-7-22(19)32)35-27(18-12-13-34-23-14-16(31)8-9-17(18)23)36-25(20)29(21,2)28-30(33-3,38-28)26(15)37/h4-9,12-15,21,28H,10-11H2,1-2H3/t15-,21-,28+,29-,30-/m1/s1. The van der Waals surface area contributed by atoms with Gasteiger partial charge in [-0.05, 0) is 49.1 Å². The Bertz CT molecular complexity index is 1730. The van der Waals surface area contributed by atoms with Gasteiger partial charge in [-0.15, -0.1) is 0 Å². The van der Waals surface area contributed by atoms with E-state index in [-0.39, 0.29) is 17.6 Å².